The molecule has 0 aliphatic carbocycles. The third-order valence-electron chi connectivity index (χ3n) is 3.82. The average molecular weight is 402 g/mol. The summed E-state index contributed by atoms with van der Waals surface area (Å²) >= 11 is 0. The van der Waals surface area contributed by atoms with Crippen molar-refractivity contribution in [1.29, 1.82) is 0 Å². The zero-order valence-corrected chi connectivity index (χ0v) is 17.8. The van der Waals surface area contributed by atoms with Crippen LogP contribution in [-0.2, 0) is 16.7 Å². The lowest BCUT2D eigenvalue weighted by molar-refractivity contribution is 0.189. The number of ether oxygens (including phenoxy) is 1. The van der Waals surface area contributed by atoms with Crippen molar-refractivity contribution in [2.45, 2.75) is 32.6 Å². The Hall–Kier alpha value is -2.00. The van der Waals surface area contributed by atoms with Crippen LogP contribution in [0.15, 0.2) is 18.2 Å². The number of hydrogen-bond donors (Lipinski definition) is 1. The molecule has 2 amide bonds. The number of carbonyl (C=O) groups excluding carboxylic acids is 1. The molecule has 8 nitrogen and oxygen atoms in total. The van der Waals surface area contributed by atoms with E-state index in [1.54, 1.807) is 36.9 Å². The third kappa shape index (κ3) is 7.26. The predicted octanol–water partition coefficient (Wildman–Crippen LogP) is 1.91. The maximum absolute atomic E-state index is 12.3. The zero-order valence-electron chi connectivity index (χ0n) is 17.0. The van der Waals surface area contributed by atoms with Gasteiger partial charge in [0.05, 0.1) is 12.4 Å². The molecule has 0 saturated carbocycles. The summed E-state index contributed by atoms with van der Waals surface area (Å²) in [6.45, 7) is 7.04. The van der Waals surface area contributed by atoms with E-state index < -0.39 is 15.4 Å². The molecule has 0 heterocycles. The van der Waals surface area contributed by atoms with Gasteiger partial charge in [-0.05, 0) is 52.6 Å². The molecular weight excluding hydrogens is 370 g/mol. The highest BCUT2D eigenvalue weighted by Crippen LogP contribution is 2.30. The highest BCUT2D eigenvalue weighted by molar-refractivity contribution is 7.87. The van der Waals surface area contributed by atoms with Gasteiger partial charge in [-0.2, -0.15) is 8.42 Å². The Balaban J connectivity index is 3.09. The molecule has 1 N–H and O–H groups in total. The van der Waals surface area contributed by atoms with Crippen molar-refractivity contribution in [3.8, 4) is 11.5 Å². The van der Waals surface area contributed by atoms with Gasteiger partial charge >= 0.3 is 16.1 Å². The largest absolute Gasteiger partial charge is 0.493 e. The first kappa shape index (κ1) is 23.0. The Bertz CT molecular complexity index is 720. The van der Waals surface area contributed by atoms with Crippen LogP contribution in [-0.4, -0.2) is 70.3 Å². The smallest absolute Gasteiger partial charge is 0.317 e. The lowest BCUT2D eigenvalue weighted by Gasteiger charge is -2.25. The molecule has 0 aromatic heterocycles. The Morgan fingerprint density at radius 2 is 1.85 bits per heavy atom. The van der Waals surface area contributed by atoms with Crippen LogP contribution < -0.4 is 14.2 Å². The van der Waals surface area contributed by atoms with E-state index >= 15 is 0 Å². The summed E-state index contributed by atoms with van der Waals surface area (Å²) in [4.78, 5) is 16.0. The second-order valence-electron chi connectivity index (χ2n) is 6.67. The molecule has 9 heteroatoms. The number of hydrogen-bond acceptors (Lipinski definition) is 6. The number of rotatable bonds is 10. The Kier molecular flexibility index (Phi) is 8.84. The van der Waals surface area contributed by atoms with Crippen molar-refractivity contribution >= 4 is 16.1 Å². The SMILES string of the molecule is CCNC(=O)N(CCN(C)C)Cc1ccc(OC)c(OS(=O)(=O)C(C)C)c1. The first-order chi connectivity index (χ1) is 12.6. The molecule has 0 unspecified atom stereocenters. The van der Waals surface area contributed by atoms with E-state index in [2.05, 4.69) is 5.32 Å². The Morgan fingerprint density at radius 1 is 1.19 bits per heavy atom. The maximum atomic E-state index is 12.3. The molecule has 0 spiro atoms. The maximum Gasteiger partial charge on any atom is 0.317 e. The van der Waals surface area contributed by atoms with Crippen LogP contribution in [0.5, 0.6) is 11.5 Å². The molecule has 0 aliphatic heterocycles. The zero-order chi connectivity index (χ0) is 20.6. The van der Waals surface area contributed by atoms with Gasteiger partial charge in [0.15, 0.2) is 11.5 Å². The summed E-state index contributed by atoms with van der Waals surface area (Å²) < 4.78 is 34.7. The number of urea groups is 1. The van der Waals surface area contributed by atoms with Crippen LogP contribution in [0.2, 0.25) is 0 Å². The van der Waals surface area contributed by atoms with E-state index in [9.17, 15) is 13.2 Å². The Morgan fingerprint density at radius 3 is 2.37 bits per heavy atom. The van der Waals surface area contributed by atoms with Crippen LogP contribution in [0.25, 0.3) is 0 Å². The first-order valence-corrected chi connectivity index (χ1v) is 10.4. The highest BCUT2D eigenvalue weighted by atomic mass is 32.2. The van der Waals surface area contributed by atoms with Crippen molar-refractivity contribution in [2.24, 2.45) is 0 Å². The van der Waals surface area contributed by atoms with Crippen LogP contribution in [0.3, 0.4) is 0 Å². The molecule has 1 aromatic carbocycles. The first-order valence-electron chi connectivity index (χ1n) is 8.88. The number of amides is 2. The van der Waals surface area contributed by atoms with Gasteiger partial charge in [-0.3, -0.25) is 0 Å². The number of nitrogens with zero attached hydrogens (tertiary/aromatic N) is 2. The summed E-state index contributed by atoms with van der Waals surface area (Å²) in [6, 6.07) is 4.85. The summed E-state index contributed by atoms with van der Waals surface area (Å²) in [7, 11) is 1.56. The fraction of sp³-hybridized carbons (Fsp3) is 0.611. The fourth-order valence-corrected chi connectivity index (χ4v) is 2.74. The van der Waals surface area contributed by atoms with E-state index in [0.717, 1.165) is 5.56 Å². The van der Waals surface area contributed by atoms with Gasteiger partial charge in [-0.15, -0.1) is 0 Å². The molecule has 1 rings (SSSR count). The van der Waals surface area contributed by atoms with Gasteiger partial charge in [0.2, 0.25) is 0 Å². The predicted molar refractivity (Wildman–Crippen MR) is 106 cm³/mol. The van der Waals surface area contributed by atoms with Gasteiger partial charge in [0.25, 0.3) is 0 Å². The number of carbonyl (C=O) groups is 1. The summed E-state index contributed by atoms with van der Waals surface area (Å²) in [5, 5.41) is 2.11. The normalized spacial score (nSPS) is 11.6. The minimum atomic E-state index is -3.76. The molecule has 154 valence electrons. The van der Waals surface area contributed by atoms with Gasteiger partial charge in [0, 0.05) is 26.2 Å². The lowest BCUT2D eigenvalue weighted by Crippen LogP contribution is -2.42. The number of nitrogens with one attached hydrogen (secondary N) is 1. The topological polar surface area (TPSA) is 88.2 Å². The summed E-state index contributed by atoms with van der Waals surface area (Å²) in [6.07, 6.45) is 0. The van der Waals surface area contributed by atoms with E-state index in [-0.39, 0.29) is 11.8 Å². The van der Waals surface area contributed by atoms with Gasteiger partial charge in [-0.25, -0.2) is 4.79 Å². The fourth-order valence-electron chi connectivity index (χ4n) is 2.16. The second-order valence-corrected chi connectivity index (χ2v) is 8.77. The van der Waals surface area contributed by atoms with Gasteiger partial charge in [-0.1, -0.05) is 6.07 Å². The Labute approximate surface area is 162 Å². The third-order valence-corrected chi connectivity index (χ3v) is 5.38. The summed E-state index contributed by atoms with van der Waals surface area (Å²) in [5.41, 5.74) is 0.745. The van der Waals surface area contributed by atoms with Crippen molar-refractivity contribution < 1.29 is 22.1 Å². The number of benzene rings is 1. The molecule has 0 fully saturated rings. The number of methoxy groups -OCH3 is 1. The molecule has 0 saturated heterocycles. The van der Waals surface area contributed by atoms with Crippen LogP contribution in [0.1, 0.15) is 26.3 Å². The molecule has 0 radical (unpaired) electrons. The molecule has 27 heavy (non-hydrogen) atoms. The van der Waals surface area contributed by atoms with E-state index in [1.807, 2.05) is 25.9 Å². The molecule has 0 atom stereocenters. The van der Waals surface area contributed by atoms with Crippen molar-refractivity contribution in [2.75, 3.05) is 40.8 Å². The molecular formula is C18H31N3O5S. The van der Waals surface area contributed by atoms with Crippen LogP contribution in [0.4, 0.5) is 4.79 Å². The van der Waals surface area contributed by atoms with Gasteiger partial charge in [0.1, 0.15) is 0 Å². The van der Waals surface area contributed by atoms with E-state index in [0.29, 0.717) is 31.9 Å². The minimum absolute atomic E-state index is 0.118. The van der Waals surface area contributed by atoms with Gasteiger partial charge < -0.3 is 24.0 Å². The van der Waals surface area contributed by atoms with Crippen molar-refractivity contribution in [1.82, 2.24) is 15.1 Å². The quantitative estimate of drug-likeness (QED) is 0.603. The highest BCUT2D eigenvalue weighted by Gasteiger charge is 2.21. The second kappa shape index (κ2) is 10.4. The lowest BCUT2D eigenvalue weighted by atomic mass is 10.2. The average Bonchev–Trinajstić information content (AvgIpc) is 2.58. The molecule has 0 bridgehead atoms. The van der Waals surface area contributed by atoms with Crippen LogP contribution >= 0.6 is 0 Å². The standard InChI is InChI=1S/C18H31N3O5S/c1-7-19-18(22)21(11-10-20(4)5)13-15-8-9-16(25-6)17(12-15)26-27(23,24)14(2)3/h8-9,12,14H,7,10-11,13H2,1-6H3,(H,19,22). The van der Waals surface area contributed by atoms with Crippen LogP contribution in [0, 0.1) is 0 Å². The minimum Gasteiger partial charge on any atom is -0.493 e. The molecule has 1 aromatic rings. The molecule has 0 aliphatic rings. The monoisotopic (exact) mass is 401 g/mol. The number of likely N-dealkylation sites (N-methyl/N-ethyl adjacent to an activating group) is 1. The van der Waals surface area contributed by atoms with Crippen molar-refractivity contribution in [3.63, 3.8) is 0 Å². The van der Waals surface area contributed by atoms with E-state index in [4.69, 9.17) is 8.92 Å². The van der Waals surface area contributed by atoms with E-state index in [1.165, 1.54) is 7.11 Å². The summed E-state index contributed by atoms with van der Waals surface area (Å²) in [5.74, 6) is 0.438. The van der Waals surface area contributed by atoms with Crippen molar-refractivity contribution in [3.05, 3.63) is 23.8 Å².